The molecular weight excluding hydrogens is 485 g/mol. The fraction of sp³-hybridized carbons (Fsp3) is 0.290. The van der Waals surface area contributed by atoms with Gasteiger partial charge in [0.15, 0.2) is 16.9 Å². The van der Waals surface area contributed by atoms with E-state index in [1.807, 2.05) is 44.2 Å². The summed E-state index contributed by atoms with van der Waals surface area (Å²) in [6, 6.07) is 15.8. The molecule has 6 nitrogen and oxygen atoms in total. The minimum Gasteiger partial charge on any atom is -0.490 e. The normalized spacial score (nSPS) is 14.8. The van der Waals surface area contributed by atoms with Gasteiger partial charge >= 0.3 is 0 Å². The van der Waals surface area contributed by atoms with E-state index in [1.54, 1.807) is 17.0 Å². The van der Waals surface area contributed by atoms with Crippen LogP contribution < -0.4 is 19.8 Å². The Hall–Kier alpha value is -4.13. The summed E-state index contributed by atoms with van der Waals surface area (Å²) in [4.78, 5) is 29.1. The van der Waals surface area contributed by atoms with Crippen molar-refractivity contribution < 1.29 is 23.1 Å². The molecule has 0 saturated heterocycles. The van der Waals surface area contributed by atoms with Gasteiger partial charge in [-0.05, 0) is 74.2 Å². The summed E-state index contributed by atoms with van der Waals surface area (Å²) in [5.74, 6) is 0.572. The summed E-state index contributed by atoms with van der Waals surface area (Å²) in [5, 5.41) is 0.0889. The Bertz CT molecular complexity index is 1560. The molecule has 38 heavy (non-hydrogen) atoms. The first kappa shape index (κ1) is 25.5. The van der Waals surface area contributed by atoms with Crippen LogP contribution in [0.25, 0.3) is 11.0 Å². The Morgan fingerprint density at radius 2 is 1.74 bits per heavy atom. The van der Waals surface area contributed by atoms with Gasteiger partial charge in [0.05, 0.1) is 30.2 Å². The van der Waals surface area contributed by atoms with E-state index >= 15 is 0 Å². The lowest BCUT2D eigenvalue weighted by Gasteiger charge is -2.26. The number of nitrogens with zero attached hydrogens (tertiary/aromatic N) is 1. The predicted octanol–water partition coefficient (Wildman–Crippen LogP) is 6.81. The number of ether oxygens (including phenoxy) is 2. The lowest BCUT2D eigenvalue weighted by molar-refractivity contribution is 0.0971. The number of carbonyl (C=O) groups excluding carboxylic acids is 1. The number of rotatable bonds is 8. The van der Waals surface area contributed by atoms with E-state index in [0.29, 0.717) is 41.9 Å². The van der Waals surface area contributed by atoms with Gasteiger partial charge in [0.1, 0.15) is 11.4 Å². The number of carbonyl (C=O) groups is 1. The highest BCUT2D eigenvalue weighted by atomic mass is 19.1. The number of fused-ring (bicyclic) bond motifs is 2. The highest BCUT2D eigenvalue weighted by molar-refractivity contribution is 6.10. The molecule has 1 unspecified atom stereocenters. The molecule has 0 saturated carbocycles. The van der Waals surface area contributed by atoms with Crippen LogP contribution in [0.1, 0.15) is 60.5 Å². The Kier molecular flexibility index (Phi) is 6.93. The predicted molar refractivity (Wildman–Crippen MR) is 145 cm³/mol. The van der Waals surface area contributed by atoms with Crippen molar-refractivity contribution in [3.05, 3.63) is 99.2 Å². The second kappa shape index (κ2) is 10.3. The SMILES string of the molecule is CCOc1cc(C2c3c(oc4ccc(F)cc4c3=O)C(=O)N2c2ccc(C)cc2)ccc1OCCC(C)C. The Morgan fingerprint density at radius 1 is 0.974 bits per heavy atom. The van der Waals surface area contributed by atoms with Gasteiger partial charge in [-0.15, -0.1) is 0 Å². The van der Waals surface area contributed by atoms with Gasteiger partial charge < -0.3 is 13.9 Å². The van der Waals surface area contributed by atoms with E-state index in [-0.39, 0.29) is 22.3 Å². The fourth-order valence-corrected chi connectivity index (χ4v) is 4.72. The van der Waals surface area contributed by atoms with Gasteiger partial charge in [-0.25, -0.2) is 4.39 Å². The van der Waals surface area contributed by atoms with Crippen LogP contribution in [0.2, 0.25) is 0 Å². The second-order valence-electron chi connectivity index (χ2n) is 9.90. The van der Waals surface area contributed by atoms with E-state index in [2.05, 4.69) is 13.8 Å². The van der Waals surface area contributed by atoms with Crippen molar-refractivity contribution in [1.29, 1.82) is 0 Å². The van der Waals surface area contributed by atoms with E-state index < -0.39 is 23.2 Å². The van der Waals surface area contributed by atoms with Crippen molar-refractivity contribution in [1.82, 2.24) is 0 Å². The third-order valence-corrected chi connectivity index (χ3v) is 6.68. The standard InChI is InChI=1S/C31H30FNO5/c1-5-36-26-16-20(8-12-25(26)37-15-14-18(2)3)28-27-29(34)23-17-21(32)9-13-24(23)38-30(27)31(35)33(28)22-10-6-19(4)7-11-22/h6-13,16-18,28H,5,14-15H2,1-4H3. The number of hydrogen-bond acceptors (Lipinski definition) is 5. The topological polar surface area (TPSA) is 69.0 Å². The first-order chi connectivity index (χ1) is 18.3. The number of aryl methyl sites for hydroxylation is 1. The van der Waals surface area contributed by atoms with E-state index in [9.17, 15) is 14.0 Å². The molecule has 1 amide bonds. The van der Waals surface area contributed by atoms with Crippen LogP contribution in [0.5, 0.6) is 11.5 Å². The molecule has 0 bridgehead atoms. The molecule has 0 fully saturated rings. The van der Waals surface area contributed by atoms with Crippen molar-refractivity contribution >= 4 is 22.6 Å². The van der Waals surface area contributed by atoms with Gasteiger partial charge in [-0.1, -0.05) is 37.6 Å². The second-order valence-corrected chi connectivity index (χ2v) is 9.90. The maximum atomic E-state index is 14.1. The third kappa shape index (κ3) is 4.64. The van der Waals surface area contributed by atoms with Gasteiger partial charge in [-0.3, -0.25) is 14.5 Å². The van der Waals surface area contributed by atoms with Crippen molar-refractivity contribution in [3.8, 4) is 11.5 Å². The molecule has 0 radical (unpaired) electrons. The van der Waals surface area contributed by atoms with E-state index in [1.165, 1.54) is 12.1 Å². The smallest absolute Gasteiger partial charge is 0.295 e. The summed E-state index contributed by atoms with van der Waals surface area (Å²) in [7, 11) is 0. The van der Waals surface area contributed by atoms with Crippen LogP contribution in [0.4, 0.5) is 10.1 Å². The minimum absolute atomic E-state index is 0.0464. The minimum atomic E-state index is -0.798. The molecule has 0 aliphatic carbocycles. The number of halogens is 1. The Labute approximate surface area is 220 Å². The molecule has 1 aliphatic rings. The molecule has 5 rings (SSSR count). The first-order valence-electron chi connectivity index (χ1n) is 12.8. The summed E-state index contributed by atoms with van der Waals surface area (Å²) in [5.41, 5.74) is 2.19. The highest BCUT2D eigenvalue weighted by Gasteiger charge is 2.44. The Morgan fingerprint density at radius 3 is 2.45 bits per heavy atom. The summed E-state index contributed by atoms with van der Waals surface area (Å²) in [6.07, 6.45) is 0.893. The van der Waals surface area contributed by atoms with Gasteiger partial charge in [0.25, 0.3) is 5.91 Å². The summed E-state index contributed by atoms with van der Waals surface area (Å²) < 4.78 is 31.9. The maximum Gasteiger partial charge on any atom is 0.295 e. The van der Waals surface area contributed by atoms with Crippen LogP contribution in [-0.4, -0.2) is 19.1 Å². The lowest BCUT2D eigenvalue weighted by atomic mass is 9.97. The number of benzene rings is 3. The van der Waals surface area contributed by atoms with E-state index in [4.69, 9.17) is 13.9 Å². The summed E-state index contributed by atoms with van der Waals surface area (Å²) in [6.45, 7) is 9.06. The first-order valence-corrected chi connectivity index (χ1v) is 12.8. The molecule has 0 spiro atoms. The molecule has 196 valence electrons. The number of anilines is 1. The van der Waals surface area contributed by atoms with Crippen molar-refractivity contribution in [3.63, 3.8) is 0 Å². The molecule has 0 N–H and O–H groups in total. The monoisotopic (exact) mass is 515 g/mol. The van der Waals surface area contributed by atoms with E-state index in [0.717, 1.165) is 18.1 Å². The molecule has 7 heteroatoms. The fourth-order valence-electron chi connectivity index (χ4n) is 4.72. The average Bonchev–Trinajstić information content (AvgIpc) is 3.18. The van der Waals surface area contributed by atoms with Gasteiger partial charge in [0.2, 0.25) is 5.76 Å². The van der Waals surface area contributed by atoms with Crippen molar-refractivity contribution in [2.75, 3.05) is 18.1 Å². The molecule has 1 aromatic heterocycles. The highest BCUT2D eigenvalue weighted by Crippen LogP contribution is 2.43. The zero-order valence-corrected chi connectivity index (χ0v) is 21.9. The molecule has 3 aromatic carbocycles. The lowest BCUT2D eigenvalue weighted by Crippen LogP contribution is -2.29. The molecular formula is C31H30FNO5. The molecule has 2 heterocycles. The Balaban J connectivity index is 1.69. The number of hydrogen-bond donors (Lipinski definition) is 0. The number of amides is 1. The maximum absolute atomic E-state index is 14.1. The van der Waals surface area contributed by atoms with Crippen LogP contribution >= 0.6 is 0 Å². The van der Waals surface area contributed by atoms with Gasteiger partial charge in [0, 0.05) is 5.69 Å². The van der Waals surface area contributed by atoms with Crippen LogP contribution in [0.15, 0.2) is 69.9 Å². The summed E-state index contributed by atoms with van der Waals surface area (Å²) >= 11 is 0. The average molecular weight is 516 g/mol. The third-order valence-electron chi connectivity index (χ3n) is 6.68. The molecule has 1 aliphatic heterocycles. The zero-order chi connectivity index (χ0) is 27.0. The molecule has 1 atom stereocenters. The van der Waals surface area contributed by atoms with Crippen LogP contribution in [0, 0.1) is 18.7 Å². The van der Waals surface area contributed by atoms with Gasteiger partial charge in [-0.2, -0.15) is 0 Å². The zero-order valence-electron chi connectivity index (χ0n) is 21.9. The van der Waals surface area contributed by atoms with Crippen LogP contribution in [-0.2, 0) is 0 Å². The van der Waals surface area contributed by atoms with Crippen LogP contribution in [0.3, 0.4) is 0 Å². The quantitative estimate of drug-likeness (QED) is 0.258. The van der Waals surface area contributed by atoms with Crippen molar-refractivity contribution in [2.24, 2.45) is 5.92 Å². The van der Waals surface area contributed by atoms with Crippen molar-refractivity contribution in [2.45, 2.75) is 40.2 Å². The molecule has 4 aromatic rings. The largest absolute Gasteiger partial charge is 0.490 e.